The number of hydrogen-bond acceptors (Lipinski definition) is 6. The van der Waals surface area contributed by atoms with E-state index in [1.54, 1.807) is 13.3 Å². The molecule has 214 valence electrons. The summed E-state index contributed by atoms with van der Waals surface area (Å²) in [5, 5.41) is 7.64. The predicted molar refractivity (Wildman–Crippen MR) is 171 cm³/mol. The Hall–Kier alpha value is -4.46. The van der Waals surface area contributed by atoms with E-state index >= 15 is 0 Å². The molecule has 2 aromatic heterocycles. The average molecular weight is 552 g/mol. The zero-order chi connectivity index (χ0) is 28.9. The van der Waals surface area contributed by atoms with Crippen molar-refractivity contribution in [1.29, 1.82) is 0 Å². The van der Waals surface area contributed by atoms with Gasteiger partial charge in [-0.2, -0.15) is 0 Å². The second-order valence-corrected chi connectivity index (χ2v) is 10.4. The van der Waals surface area contributed by atoms with Crippen LogP contribution in [0.25, 0.3) is 23.1 Å². The van der Waals surface area contributed by atoms with E-state index in [2.05, 4.69) is 58.7 Å². The van der Waals surface area contributed by atoms with Crippen LogP contribution in [0.3, 0.4) is 0 Å². The van der Waals surface area contributed by atoms with E-state index in [0.717, 1.165) is 72.5 Å². The van der Waals surface area contributed by atoms with Crippen molar-refractivity contribution >= 4 is 40.5 Å². The smallest absolute Gasteiger partial charge is 0.193 e. The molecule has 2 heterocycles. The number of nitrogens with two attached hydrogens (primary N) is 1. The SMILES string of the molecule is COc1ccc2nc(/C=C/c3ccccn3)nc(NCCCCCCN=C(N)Nc3ccc(CC(C)C)cc3)c2c1. The number of unbranched alkanes of at least 4 members (excludes halogenated alkanes) is 3. The Labute approximate surface area is 243 Å². The molecule has 0 radical (unpaired) electrons. The molecule has 8 heteroatoms. The molecule has 0 aliphatic rings. The van der Waals surface area contributed by atoms with Crippen molar-refractivity contribution in [2.45, 2.75) is 46.0 Å². The second kappa shape index (κ2) is 15.4. The van der Waals surface area contributed by atoms with Gasteiger partial charge in [0, 0.05) is 30.4 Å². The normalized spacial score (nSPS) is 11.9. The highest BCUT2D eigenvalue weighted by molar-refractivity contribution is 5.92. The summed E-state index contributed by atoms with van der Waals surface area (Å²) >= 11 is 0. The van der Waals surface area contributed by atoms with Crippen LogP contribution in [0.4, 0.5) is 11.5 Å². The molecule has 0 saturated carbocycles. The number of pyridine rings is 1. The number of fused-ring (bicyclic) bond motifs is 1. The number of nitrogens with one attached hydrogen (secondary N) is 2. The number of aromatic nitrogens is 3. The maximum atomic E-state index is 6.08. The van der Waals surface area contributed by atoms with Crippen molar-refractivity contribution < 1.29 is 4.74 Å². The molecule has 2 aromatic carbocycles. The standard InChI is InChI=1S/C33H41N7O/c1-24(2)22-25-11-13-27(14-12-25)38-33(34)37-21-8-5-4-7-20-36-32-29-23-28(41-3)16-17-30(29)39-31(40-32)18-15-26-10-6-9-19-35-26/h6,9-19,23-24H,4-5,7-8,20-22H2,1-3H3,(H3,34,37,38)(H,36,39,40)/b18-15+. The number of guanidine groups is 1. The van der Waals surface area contributed by atoms with Crippen LogP contribution < -0.4 is 21.1 Å². The van der Waals surface area contributed by atoms with Crippen LogP contribution >= 0.6 is 0 Å². The summed E-state index contributed by atoms with van der Waals surface area (Å²) in [6.45, 7) is 5.97. The first-order valence-corrected chi connectivity index (χ1v) is 14.3. The van der Waals surface area contributed by atoms with E-state index in [1.165, 1.54) is 5.56 Å². The van der Waals surface area contributed by atoms with Gasteiger partial charge in [-0.3, -0.25) is 9.98 Å². The Morgan fingerprint density at radius 1 is 0.976 bits per heavy atom. The number of nitrogens with zero attached hydrogens (tertiary/aromatic N) is 4. The van der Waals surface area contributed by atoms with E-state index in [9.17, 15) is 0 Å². The van der Waals surface area contributed by atoms with Gasteiger partial charge in [0.2, 0.25) is 0 Å². The quantitative estimate of drug-likeness (QED) is 0.0898. The molecule has 0 fully saturated rings. The minimum atomic E-state index is 0.460. The van der Waals surface area contributed by atoms with Gasteiger partial charge < -0.3 is 21.1 Å². The molecular formula is C33H41N7O. The number of methoxy groups -OCH3 is 1. The summed E-state index contributed by atoms with van der Waals surface area (Å²) in [5.41, 5.74) is 10.1. The largest absolute Gasteiger partial charge is 0.497 e. The third kappa shape index (κ3) is 9.60. The highest BCUT2D eigenvalue weighted by atomic mass is 16.5. The van der Waals surface area contributed by atoms with Crippen LogP contribution in [0.2, 0.25) is 0 Å². The maximum absolute atomic E-state index is 6.08. The summed E-state index contributed by atoms with van der Waals surface area (Å²) in [6.07, 6.45) is 10.8. The zero-order valence-electron chi connectivity index (χ0n) is 24.3. The van der Waals surface area contributed by atoms with E-state index in [0.29, 0.717) is 24.2 Å². The van der Waals surface area contributed by atoms with Gasteiger partial charge in [-0.15, -0.1) is 0 Å². The van der Waals surface area contributed by atoms with Gasteiger partial charge in [-0.05, 0) is 85.4 Å². The highest BCUT2D eigenvalue weighted by Crippen LogP contribution is 2.26. The fourth-order valence-corrected chi connectivity index (χ4v) is 4.48. The van der Waals surface area contributed by atoms with Crippen molar-refractivity contribution in [2.24, 2.45) is 16.6 Å². The minimum absolute atomic E-state index is 0.460. The lowest BCUT2D eigenvalue weighted by Gasteiger charge is -2.11. The fourth-order valence-electron chi connectivity index (χ4n) is 4.48. The van der Waals surface area contributed by atoms with Gasteiger partial charge in [-0.25, -0.2) is 9.97 Å². The number of anilines is 2. The third-order valence-electron chi connectivity index (χ3n) is 6.54. The molecule has 4 aromatic rings. The first kappa shape index (κ1) is 29.5. The third-order valence-corrected chi connectivity index (χ3v) is 6.54. The predicted octanol–water partition coefficient (Wildman–Crippen LogP) is 6.80. The molecule has 0 aliphatic carbocycles. The first-order valence-electron chi connectivity index (χ1n) is 14.3. The van der Waals surface area contributed by atoms with Gasteiger partial charge in [0.1, 0.15) is 11.6 Å². The molecular weight excluding hydrogens is 510 g/mol. The zero-order valence-corrected chi connectivity index (χ0v) is 24.3. The lowest BCUT2D eigenvalue weighted by molar-refractivity contribution is 0.415. The summed E-state index contributed by atoms with van der Waals surface area (Å²) in [4.78, 5) is 18.3. The Bertz CT molecular complexity index is 1430. The van der Waals surface area contributed by atoms with Crippen molar-refractivity contribution in [2.75, 3.05) is 30.8 Å². The summed E-state index contributed by atoms with van der Waals surface area (Å²) < 4.78 is 5.43. The molecule has 4 rings (SSSR count). The molecule has 0 saturated heterocycles. The van der Waals surface area contributed by atoms with Crippen molar-refractivity contribution in [1.82, 2.24) is 15.0 Å². The van der Waals surface area contributed by atoms with Crippen molar-refractivity contribution in [3.05, 3.63) is 83.9 Å². The molecule has 0 spiro atoms. The van der Waals surface area contributed by atoms with Crippen molar-refractivity contribution in [3.63, 3.8) is 0 Å². The molecule has 0 aliphatic heterocycles. The van der Waals surface area contributed by atoms with Crippen LogP contribution in [-0.2, 0) is 6.42 Å². The maximum Gasteiger partial charge on any atom is 0.193 e. The van der Waals surface area contributed by atoms with Crippen LogP contribution in [0.5, 0.6) is 5.75 Å². The van der Waals surface area contributed by atoms with Crippen molar-refractivity contribution in [3.8, 4) is 5.75 Å². The van der Waals surface area contributed by atoms with Crippen LogP contribution in [0.1, 0.15) is 56.6 Å². The summed E-state index contributed by atoms with van der Waals surface area (Å²) in [7, 11) is 1.66. The van der Waals surface area contributed by atoms with E-state index in [4.69, 9.17) is 20.4 Å². The number of hydrogen-bond donors (Lipinski definition) is 3. The lowest BCUT2D eigenvalue weighted by Crippen LogP contribution is -2.22. The minimum Gasteiger partial charge on any atom is -0.497 e. The summed E-state index contributed by atoms with van der Waals surface area (Å²) in [6, 6.07) is 20.1. The van der Waals surface area contributed by atoms with Gasteiger partial charge in [0.05, 0.1) is 18.3 Å². The Morgan fingerprint density at radius 2 is 1.80 bits per heavy atom. The second-order valence-electron chi connectivity index (χ2n) is 10.4. The molecule has 0 unspecified atom stereocenters. The Balaban J connectivity index is 1.24. The van der Waals surface area contributed by atoms with E-state index in [-0.39, 0.29) is 0 Å². The van der Waals surface area contributed by atoms with Crippen LogP contribution in [0, 0.1) is 5.92 Å². The molecule has 0 atom stereocenters. The first-order chi connectivity index (χ1) is 20.0. The highest BCUT2D eigenvalue weighted by Gasteiger charge is 2.08. The Morgan fingerprint density at radius 3 is 2.56 bits per heavy atom. The molecule has 8 nitrogen and oxygen atoms in total. The van der Waals surface area contributed by atoms with E-state index in [1.807, 2.05) is 48.6 Å². The topological polar surface area (TPSA) is 110 Å². The number of rotatable bonds is 14. The lowest BCUT2D eigenvalue weighted by atomic mass is 10.0. The molecule has 41 heavy (non-hydrogen) atoms. The number of benzene rings is 2. The monoisotopic (exact) mass is 551 g/mol. The number of aliphatic imine (C=N–C) groups is 1. The van der Waals surface area contributed by atoms with E-state index < -0.39 is 0 Å². The summed E-state index contributed by atoms with van der Waals surface area (Å²) in [5.74, 6) is 3.31. The molecule has 0 bridgehead atoms. The average Bonchev–Trinajstić information content (AvgIpc) is 2.98. The van der Waals surface area contributed by atoms with Crippen LogP contribution in [0.15, 0.2) is 71.9 Å². The Kier molecular flexibility index (Phi) is 11.1. The fraction of sp³-hybridized carbons (Fsp3) is 0.333. The van der Waals surface area contributed by atoms with Gasteiger partial charge >= 0.3 is 0 Å². The van der Waals surface area contributed by atoms with Gasteiger partial charge in [-0.1, -0.05) is 44.9 Å². The van der Waals surface area contributed by atoms with Crippen LogP contribution in [-0.4, -0.2) is 41.1 Å². The van der Waals surface area contributed by atoms with Gasteiger partial charge in [0.15, 0.2) is 11.8 Å². The number of ether oxygens (including phenoxy) is 1. The molecule has 0 amide bonds. The molecule has 4 N–H and O–H groups in total. The van der Waals surface area contributed by atoms with Gasteiger partial charge in [0.25, 0.3) is 0 Å².